The molecule has 1 aliphatic rings. The van der Waals surface area contributed by atoms with Crippen LogP contribution < -0.4 is 5.32 Å². The first-order chi connectivity index (χ1) is 21.8. The van der Waals surface area contributed by atoms with Crippen molar-refractivity contribution in [1.29, 1.82) is 0 Å². The van der Waals surface area contributed by atoms with Gasteiger partial charge in [-0.2, -0.15) is 0 Å². The summed E-state index contributed by atoms with van der Waals surface area (Å²) in [6.45, 7) is 3.47. The molecule has 6 N–H and O–H groups in total. The molecule has 7 atom stereocenters. The highest BCUT2D eigenvalue weighted by Gasteiger charge is 2.44. The quantitative estimate of drug-likeness (QED) is 0.0519. The molecule has 9 heteroatoms. The average molecular weight is 640 g/mol. The van der Waals surface area contributed by atoms with E-state index in [2.05, 4.69) is 30.5 Å². The number of amides is 1. The zero-order valence-corrected chi connectivity index (χ0v) is 28.1. The van der Waals surface area contributed by atoms with Crippen molar-refractivity contribution in [2.75, 3.05) is 13.2 Å². The molecule has 0 aromatic carbocycles. The van der Waals surface area contributed by atoms with Crippen LogP contribution in [0.3, 0.4) is 0 Å². The van der Waals surface area contributed by atoms with E-state index in [4.69, 9.17) is 9.47 Å². The number of rotatable bonds is 27. The summed E-state index contributed by atoms with van der Waals surface area (Å²) in [6.07, 6.45) is 23.6. The molecule has 262 valence electrons. The first kappa shape index (κ1) is 41.4. The van der Waals surface area contributed by atoms with Crippen molar-refractivity contribution in [3.8, 4) is 0 Å². The number of hydrogen-bond donors (Lipinski definition) is 6. The molecule has 0 radical (unpaired) electrons. The molecule has 0 aromatic rings. The predicted octanol–water partition coefficient (Wildman–Crippen LogP) is 5.38. The van der Waals surface area contributed by atoms with E-state index in [1.807, 2.05) is 19.1 Å². The van der Waals surface area contributed by atoms with Crippen LogP contribution in [0.5, 0.6) is 0 Å². The molecular formula is C36H65NO8. The van der Waals surface area contributed by atoms with Gasteiger partial charge in [-0.1, -0.05) is 120 Å². The van der Waals surface area contributed by atoms with Crippen LogP contribution in [0.4, 0.5) is 0 Å². The van der Waals surface area contributed by atoms with E-state index in [1.54, 1.807) is 6.08 Å². The first-order valence-corrected chi connectivity index (χ1v) is 17.7. The van der Waals surface area contributed by atoms with Crippen molar-refractivity contribution in [3.05, 3.63) is 36.5 Å². The summed E-state index contributed by atoms with van der Waals surface area (Å²) >= 11 is 0. The molecule has 0 bridgehead atoms. The maximum Gasteiger partial charge on any atom is 0.220 e. The molecule has 1 amide bonds. The second-order valence-electron chi connectivity index (χ2n) is 12.3. The van der Waals surface area contributed by atoms with Gasteiger partial charge in [-0.3, -0.25) is 4.79 Å². The highest BCUT2D eigenvalue weighted by atomic mass is 16.7. The zero-order chi connectivity index (χ0) is 33.1. The number of aliphatic hydroxyl groups is 5. The van der Waals surface area contributed by atoms with E-state index < -0.39 is 49.5 Å². The lowest BCUT2D eigenvalue weighted by Gasteiger charge is -2.40. The highest BCUT2D eigenvalue weighted by molar-refractivity contribution is 5.76. The number of nitrogens with one attached hydrogen (secondary N) is 1. The van der Waals surface area contributed by atoms with Crippen LogP contribution >= 0.6 is 0 Å². The van der Waals surface area contributed by atoms with Crippen LogP contribution in [-0.4, -0.2) is 87.5 Å². The minimum Gasteiger partial charge on any atom is -0.394 e. The maximum atomic E-state index is 12.8. The number of carbonyl (C=O) groups is 1. The summed E-state index contributed by atoms with van der Waals surface area (Å²) in [5.41, 5.74) is 0. The highest BCUT2D eigenvalue weighted by Crippen LogP contribution is 2.22. The molecule has 1 aliphatic heterocycles. The van der Waals surface area contributed by atoms with E-state index in [9.17, 15) is 30.3 Å². The largest absolute Gasteiger partial charge is 0.394 e. The van der Waals surface area contributed by atoms with Crippen molar-refractivity contribution in [2.45, 2.75) is 172 Å². The second kappa shape index (κ2) is 27.5. The molecule has 45 heavy (non-hydrogen) atoms. The number of carbonyl (C=O) groups excluding carboxylic acids is 1. The molecule has 9 nitrogen and oxygen atoms in total. The van der Waals surface area contributed by atoms with Crippen LogP contribution in [0, 0.1) is 0 Å². The number of unbranched alkanes of at least 4 members (excludes halogenated alkanes) is 14. The van der Waals surface area contributed by atoms with Crippen molar-refractivity contribution in [2.24, 2.45) is 0 Å². The lowest BCUT2D eigenvalue weighted by Crippen LogP contribution is -2.60. The maximum absolute atomic E-state index is 12.8. The van der Waals surface area contributed by atoms with Crippen LogP contribution in [0.25, 0.3) is 0 Å². The van der Waals surface area contributed by atoms with Crippen molar-refractivity contribution < 1.29 is 39.8 Å². The number of hydrogen-bond acceptors (Lipinski definition) is 8. The monoisotopic (exact) mass is 639 g/mol. The van der Waals surface area contributed by atoms with Gasteiger partial charge in [0.05, 0.1) is 25.4 Å². The number of ether oxygens (including phenoxy) is 2. The first-order valence-electron chi connectivity index (χ1n) is 17.7. The van der Waals surface area contributed by atoms with Gasteiger partial charge in [-0.15, -0.1) is 0 Å². The molecule has 0 saturated carbocycles. The molecular weight excluding hydrogens is 574 g/mol. The summed E-state index contributed by atoms with van der Waals surface area (Å²) in [7, 11) is 0. The van der Waals surface area contributed by atoms with Gasteiger partial charge in [0.2, 0.25) is 5.91 Å². The second-order valence-corrected chi connectivity index (χ2v) is 12.3. The van der Waals surface area contributed by atoms with Gasteiger partial charge >= 0.3 is 0 Å². The van der Waals surface area contributed by atoms with E-state index in [-0.39, 0.29) is 12.5 Å². The molecule has 0 spiro atoms. The molecule has 0 aliphatic carbocycles. The zero-order valence-electron chi connectivity index (χ0n) is 28.1. The summed E-state index contributed by atoms with van der Waals surface area (Å²) in [4.78, 5) is 12.8. The van der Waals surface area contributed by atoms with Crippen LogP contribution in [-0.2, 0) is 14.3 Å². The molecule has 1 rings (SSSR count). The lowest BCUT2D eigenvalue weighted by molar-refractivity contribution is -0.302. The Bertz CT molecular complexity index is 802. The Hall–Kier alpha value is -1.59. The Morgan fingerprint density at radius 3 is 1.87 bits per heavy atom. The predicted molar refractivity (Wildman–Crippen MR) is 180 cm³/mol. The van der Waals surface area contributed by atoms with Crippen molar-refractivity contribution >= 4 is 5.91 Å². The van der Waals surface area contributed by atoms with Crippen molar-refractivity contribution in [1.82, 2.24) is 5.32 Å². The summed E-state index contributed by atoms with van der Waals surface area (Å²) < 4.78 is 11.1. The Labute approximate surface area is 272 Å². The standard InChI is InChI=1S/C36H65NO8/c1-3-5-7-9-11-13-14-15-16-18-20-22-24-26-32(40)37-29(30(39)25-23-21-19-17-12-10-8-6-4-2)28-44-36-35(43)34(42)33(41)31(27-38)45-36/h4,6,12,17,23,25,29-31,33-36,38-39,41-43H,3,5,7-11,13-16,18-22,24,26-28H2,1-2H3,(H,37,40)/b6-4+,17-12+,25-23+. The van der Waals surface area contributed by atoms with Crippen LogP contribution in [0.2, 0.25) is 0 Å². The van der Waals surface area contributed by atoms with E-state index in [0.29, 0.717) is 6.42 Å². The summed E-state index contributed by atoms with van der Waals surface area (Å²) in [5, 5.41) is 53.6. The molecule has 1 heterocycles. The lowest BCUT2D eigenvalue weighted by atomic mass is 9.99. The SMILES string of the molecule is C/C=C/CC/C=C/CC/C=C/C(O)C(COC1OC(CO)C(O)C(O)C1O)NC(=O)CCCCCCCCCCCCCCC. The van der Waals surface area contributed by atoms with Gasteiger partial charge in [0.25, 0.3) is 0 Å². The van der Waals surface area contributed by atoms with Crippen LogP contribution in [0.1, 0.15) is 129 Å². The number of allylic oxidation sites excluding steroid dienone is 5. The van der Waals surface area contributed by atoms with E-state index >= 15 is 0 Å². The fourth-order valence-corrected chi connectivity index (χ4v) is 5.37. The topological polar surface area (TPSA) is 149 Å². The summed E-state index contributed by atoms with van der Waals surface area (Å²) in [5.74, 6) is -0.197. The number of aliphatic hydroxyl groups excluding tert-OH is 5. The summed E-state index contributed by atoms with van der Waals surface area (Å²) in [6, 6.07) is -0.820. The van der Waals surface area contributed by atoms with Gasteiger partial charge in [0.1, 0.15) is 24.4 Å². The minimum absolute atomic E-state index is 0.197. The molecule has 7 unspecified atom stereocenters. The Morgan fingerprint density at radius 1 is 0.778 bits per heavy atom. The average Bonchev–Trinajstić information content (AvgIpc) is 3.04. The molecule has 1 saturated heterocycles. The van der Waals surface area contributed by atoms with E-state index in [1.165, 1.54) is 64.2 Å². The van der Waals surface area contributed by atoms with Crippen LogP contribution in [0.15, 0.2) is 36.5 Å². The molecule has 0 aromatic heterocycles. The third-order valence-corrected chi connectivity index (χ3v) is 8.29. The van der Waals surface area contributed by atoms with Gasteiger partial charge in [0.15, 0.2) is 6.29 Å². The van der Waals surface area contributed by atoms with Gasteiger partial charge in [-0.05, 0) is 39.0 Å². The Balaban J connectivity index is 2.49. The minimum atomic E-state index is -1.57. The fourth-order valence-electron chi connectivity index (χ4n) is 5.37. The normalized spacial score (nSPS) is 23.8. The third kappa shape index (κ3) is 19.6. The fraction of sp³-hybridized carbons (Fsp3) is 0.806. The Morgan fingerprint density at radius 2 is 1.31 bits per heavy atom. The third-order valence-electron chi connectivity index (χ3n) is 8.29. The van der Waals surface area contributed by atoms with Gasteiger partial charge in [-0.25, -0.2) is 0 Å². The molecule has 1 fully saturated rings. The van der Waals surface area contributed by atoms with Gasteiger partial charge < -0.3 is 40.3 Å². The Kier molecular flexibility index (Phi) is 25.3. The van der Waals surface area contributed by atoms with Gasteiger partial charge in [0, 0.05) is 6.42 Å². The smallest absolute Gasteiger partial charge is 0.220 e. The van der Waals surface area contributed by atoms with E-state index in [0.717, 1.165) is 44.9 Å². The van der Waals surface area contributed by atoms with Crippen molar-refractivity contribution in [3.63, 3.8) is 0 Å².